The van der Waals surface area contributed by atoms with E-state index in [1.807, 2.05) is 36.4 Å². The molecule has 0 aliphatic rings. The molecular weight excluding hydrogens is 703 g/mol. The Kier molecular flexibility index (Phi) is 11.5. The van der Waals surface area contributed by atoms with Gasteiger partial charge in [0.05, 0.1) is 0 Å². The standard InChI is InChI=1S/C21H25.C13H10.C11H11.2ClH.Zr/c1-20(2,3)16-7-9-18-14(12-16)11-15-13-17(21(4,5)6)8-10-19(15)18;1-3-7-12(8-4-1)11-13-9-5-2-6-10-13;1-8-3-5-10-6-4-9(2)11(10)7-8;;;/h7-13H,1-6H3;1-10H;3-7H,1-2H3;2*1H;/q-1;;-1;;;+2/p-2. The number of benzene rings is 5. The molecule has 0 bridgehead atoms. The molecule has 0 unspecified atom stereocenters. The van der Waals surface area contributed by atoms with Gasteiger partial charge in [-0.05, 0) is 17.8 Å². The quantitative estimate of drug-likeness (QED) is 0.154. The zero-order chi connectivity index (χ0) is 34.6. The van der Waals surface area contributed by atoms with Crippen LogP contribution in [0.15, 0.2) is 133 Å². The van der Waals surface area contributed by atoms with Gasteiger partial charge >= 0.3 is 111 Å². The Hall–Kier alpha value is -3.09. The number of rotatable bonds is 2. The van der Waals surface area contributed by atoms with Crippen LogP contribution in [-0.4, -0.2) is 3.21 Å². The van der Waals surface area contributed by atoms with Crippen molar-refractivity contribution in [1.29, 1.82) is 0 Å². The average molecular weight is 749 g/mol. The Balaban J connectivity index is 0.000000148. The molecule has 7 aromatic rings. The van der Waals surface area contributed by atoms with E-state index >= 15 is 0 Å². The van der Waals surface area contributed by atoms with Crippen molar-refractivity contribution in [2.75, 3.05) is 0 Å². The molecule has 0 saturated carbocycles. The van der Waals surface area contributed by atoms with Crippen LogP contribution in [0.4, 0.5) is 0 Å². The van der Waals surface area contributed by atoms with Crippen LogP contribution in [-0.2, 0) is 29.7 Å². The van der Waals surface area contributed by atoms with Gasteiger partial charge in [-0.1, -0.05) is 89.4 Å². The van der Waals surface area contributed by atoms with E-state index in [1.165, 1.54) is 54.6 Å². The average Bonchev–Trinajstić information content (AvgIpc) is 3.60. The van der Waals surface area contributed by atoms with Crippen LogP contribution in [0.25, 0.3) is 32.3 Å². The summed E-state index contributed by atoms with van der Waals surface area (Å²) in [5, 5.41) is 8.22. The van der Waals surface area contributed by atoms with E-state index in [9.17, 15) is 0 Å². The van der Waals surface area contributed by atoms with E-state index in [2.05, 4.69) is 152 Å². The summed E-state index contributed by atoms with van der Waals surface area (Å²) in [6, 6.07) is 47.4. The molecule has 7 aromatic carbocycles. The first-order valence-electron chi connectivity index (χ1n) is 16.7. The monoisotopic (exact) mass is 746 g/mol. The summed E-state index contributed by atoms with van der Waals surface area (Å²) in [5.41, 5.74) is 8.22. The van der Waals surface area contributed by atoms with Gasteiger partial charge in [0.1, 0.15) is 0 Å². The molecule has 246 valence electrons. The Morgan fingerprint density at radius 1 is 0.542 bits per heavy atom. The molecule has 0 aliphatic carbocycles. The molecule has 7 rings (SSSR count). The first-order chi connectivity index (χ1) is 22.7. The van der Waals surface area contributed by atoms with Crippen molar-refractivity contribution in [3.63, 3.8) is 0 Å². The summed E-state index contributed by atoms with van der Waals surface area (Å²) in [5.74, 6) is 0. The van der Waals surface area contributed by atoms with Crippen LogP contribution < -0.4 is 0 Å². The van der Waals surface area contributed by atoms with Gasteiger partial charge in [-0.15, -0.1) is 74.8 Å². The van der Waals surface area contributed by atoms with E-state index in [-0.39, 0.29) is 10.8 Å². The summed E-state index contributed by atoms with van der Waals surface area (Å²) in [4.78, 5) is 0. The van der Waals surface area contributed by atoms with Crippen LogP contribution in [0.1, 0.15) is 74.9 Å². The first kappa shape index (κ1) is 36.2. The molecule has 0 spiro atoms. The molecule has 0 nitrogen and oxygen atoms in total. The van der Waals surface area contributed by atoms with Crippen molar-refractivity contribution in [1.82, 2.24) is 0 Å². The van der Waals surface area contributed by atoms with Gasteiger partial charge in [-0.3, -0.25) is 0 Å². The Labute approximate surface area is 302 Å². The number of halogens is 2. The zero-order valence-electron chi connectivity index (χ0n) is 29.5. The van der Waals surface area contributed by atoms with Crippen LogP contribution >= 0.6 is 17.0 Å². The Morgan fingerprint density at radius 3 is 1.46 bits per heavy atom. The summed E-state index contributed by atoms with van der Waals surface area (Å²) in [7, 11) is 12.5. The topological polar surface area (TPSA) is 0 Å². The maximum atomic E-state index is 6.24. The number of fused-ring (bicyclic) bond motifs is 4. The number of hydrogen-bond donors (Lipinski definition) is 0. The summed E-state index contributed by atoms with van der Waals surface area (Å²) in [6.07, 6.45) is 0. The first-order valence-corrected chi connectivity index (χ1v) is 24.2. The van der Waals surface area contributed by atoms with Gasteiger partial charge in [-0.2, -0.15) is 11.6 Å². The third-order valence-electron chi connectivity index (χ3n) is 8.90. The normalized spacial score (nSPS) is 11.5. The van der Waals surface area contributed by atoms with Crippen LogP contribution in [0.3, 0.4) is 0 Å². The fourth-order valence-corrected chi connectivity index (χ4v) is 10.5. The Morgan fingerprint density at radius 2 is 1.02 bits per heavy atom. The van der Waals surface area contributed by atoms with Crippen molar-refractivity contribution in [2.24, 2.45) is 0 Å². The van der Waals surface area contributed by atoms with E-state index < -0.39 is 18.9 Å². The molecule has 0 atom stereocenters. The predicted octanol–water partition coefficient (Wildman–Crippen LogP) is 13.7. The molecule has 0 heterocycles. The fraction of sp³-hybridized carbons (Fsp3) is 0.222. The van der Waals surface area contributed by atoms with Crippen molar-refractivity contribution in [3.8, 4) is 0 Å². The predicted molar refractivity (Wildman–Crippen MR) is 211 cm³/mol. The van der Waals surface area contributed by atoms with Crippen LogP contribution in [0.5, 0.6) is 0 Å². The zero-order valence-corrected chi connectivity index (χ0v) is 33.4. The van der Waals surface area contributed by atoms with Crippen molar-refractivity contribution >= 4 is 52.5 Å². The molecule has 0 saturated heterocycles. The van der Waals surface area contributed by atoms with E-state index in [0.717, 1.165) is 14.3 Å². The van der Waals surface area contributed by atoms with E-state index in [0.29, 0.717) is 0 Å². The molecule has 0 aromatic heterocycles. The molecule has 0 N–H and O–H groups in total. The van der Waals surface area contributed by atoms with Gasteiger partial charge in [0.25, 0.3) is 0 Å². The SMILES string of the molecule is CC(C)(C)c1ccc2c(c1)[cH-]c1cc(C(C)(C)C)ccc12.Cc1ccc2[cH-]cc(C)c2c1.[Cl][Zr]([Cl])=[C](c1ccccc1)c1ccccc1. The van der Waals surface area contributed by atoms with Gasteiger partial charge in [0.15, 0.2) is 0 Å². The molecule has 0 aliphatic heterocycles. The van der Waals surface area contributed by atoms with Gasteiger partial charge < -0.3 is 0 Å². The molecule has 48 heavy (non-hydrogen) atoms. The molecule has 3 heteroatoms. The second kappa shape index (κ2) is 15.2. The Bertz CT molecular complexity index is 2050. The minimum absolute atomic E-state index is 0.203. The summed E-state index contributed by atoms with van der Waals surface area (Å²) >= 11 is -2.44. The van der Waals surface area contributed by atoms with Gasteiger partial charge in [0, 0.05) is 0 Å². The van der Waals surface area contributed by atoms with Gasteiger partial charge in [0.2, 0.25) is 0 Å². The summed E-state index contributed by atoms with van der Waals surface area (Å²) in [6.45, 7) is 17.9. The van der Waals surface area contributed by atoms with Crippen LogP contribution in [0.2, 0.25) is 0 Å². The second-order valence-electron chi connectivity index (χ2n) is 14.7. The summed E-state index contributed by atoms with van der Waals surface area (Å²) < 4.78 is 1.15. The molecule has 0 fully saturated rings. The molecular formula is C45H46Cl2Zr-2. The third-order valence-corrected chi connectivity index (χ3v) is 13.5. The third kappa shape index (κ3) is 8.73. The molecule has 0 amide bonds. The number of hydrogen-bond acceptors (Lipinski definition) is 0. The van der Waals surface area contributed by atoms with Crippen molar-refractivity contribution in [3.05, 3.63) is 167 Å². The minimum atomic E-state index is -2.44. The van der Waals surface area contributed by atoms with Crippen LogP contribution in [0, 0.1) is 13.8 Å². The van der Waals surface area contributed by atoms with Gasteiger partial charge in [-0.25, -0.2) is 0 Å². The van der Waals surface area contributed by atoms with Crippen molar-refractivity contribution in [2.45, 2.75) is 66.2 Å². The molecule has 0 radical (unpaired) electrons. The number of aryl methyl sites for hydroxylation is 2. The van der Waals surface area contributed by atoms with Crippen molar-refractivity contribution < 1.29 is 18.9 Å². The fourth-order valence-electron chi connectivity index (χ4n) is 6.01. The maximum absolute atomic E-state index is 6.24. The second-order valence-corrected chi connectivity index (χ2v) is 22.8. The van der Waals surface area contributed by atoms with E-state index in [1.54, 1.807) is 0 Å². The van der Waals surface area contributed by atoms with E-state index in [4.69, 9.17) is 17.0 Å².